The molecule has 1 nitrogen and oxygen atoms in total. The van der Waals surface area contributed by atoms with Gasteiger partial charge in [0.1, 0.15) is 5.75 Å². The van der Waals surface area contributed by atoms with Crippen LogP contribution in [0, 0.1) is 0 Å². The van der Waals surface area contributed by atoms with Crippen LogP contribution in [0.25, 0.3) is 0 Å². The molecular formula is C22H23OPS. The maximum absolute atomic E-state index is 5.45. The van der Waals surface area contributed by atoms with Gasteiger partial charge in [-0.25, -0.2) is 0 Å². The molecule has 0 amide bonds. The molecule has 0 aliphatic heterocycles. The fourth-order valence-electron chi connectivity index (χ4n) is 2.77. The maximum atomic E-state index is 5.45. The van der Waals surface area contributed by atoms with Crippen molar-refractivity contribution in [1.29, 1.82) is 0 Å². The van der Waals surface area contributed by atoms with Crippen LogP contribution in [0.1, 0.15) is 6.42 Å². The lowest BCUT2D eigenvalue weighted by Gasteiger charge is -2.18. The first kappa shape index (κ1) is 18.0. The van der Waals surface area contributed by atoms with Crippen LogP contribution in [0.2, 0.25) is 0 Å². The highest BCUT2D eigenvalue weighted by atomic mass is 32.2. The van der Waals surface area contributed by atoms with Gasteiger partial charge in [-0.05, 0) is 49.0 Å². The van der Waals surface area contributed by atoms with Crippen molar-refractivity contribution >= 4 is 30.3 Å². The quantitative estimate of drug-likeness (QED) is 0.303. The fraction of sp³-hybridized carbons (Fsp3) is 0.182. The van der Waals surface area contributed by atoms with E-state index in [9.17, 15) is 0 Å². The molecule has 3 rings (SSSR count). The second-order valence-corrected chi connectivity index (χ2v) is 9.15. The van der Waals surface area contributed by atoms with E-state index in [4.69, 9.17) is 4.74 Å². The van der Waals surface area contributed by atoms with Gasteiger partial charge in [0.25, 0.3) is 0 Å². The van der Waals surface area contributed by atoms with Crippen molar-refractivity contribution in [3.8, 4) is 5.75 Å². The van der Waals surface area contributed by atoms with Crippen LogP contribution >= 0.6 is 19.7 Å². The summed E-state index contributed by atoms with van der Waals surface area (Å²) in [6, 6.07) is 30.1. The van der Waals surface area contributed by atoms with E-state index in [-0.39, 0.29) is 7.92 Å². The van der Waals surface area contributed by atoms with E-state index in [2.05, 4.69) is 72.8 Å². The number of hydrogen-bond donors (Lipinski definition) is 0. The van der Waals surface area contributed by atoms with Crippen LogP contribution < -0.4 is 15.3 Å². The molecule has 0 radical (unpaired) electrons. The summed E-state index contributed by atoms with van der Waals surface area (Å²) in [5.74, 6) is 2.08. The molecule has 128 valence electrons. The molecule has 25 heavy (non-hydrogen) atoms. The van der Waals surface area contributed by atoms with Crippen molar-refractivity contribution in [1.82, 2.24) is 0 Å². The van der Waals surface area contributed by atoms with E-state index in [0.29, 0.717) is 0 Å². The molecule has 0 N–H and O–H groups in total. The van der Waals surface area contributed by atoms with Gasteiger partial charge in [0.2, 0.25) is 0 Å². The molecule has 0 bridgehead atoms. The van der Waals surface area contributed by atoms with Crippen molar-refractivity contribution in [3.63, 3.8) is 0 Å². The minimum Gasteiger partial charge on any atom is -0.496 e. The normalized spacial score (nSPS) is 10.8. The second kappa shape index (κ2) is 9.65. The number of rotatable bonds is 8. The molecule has 0 heterocycles. The van der Waals surface area contributed by atoms with Crippen LogP contribution in [-0.2, 0) is 0 Å². The Morgan fingerprint density at radius 2 is 1.32 bits per heavy atom. The van der Waals surface area contributed by atoms with Gasteiger partial charge < -0.3 is 4.74 Å². The largest absolute Gasteiger partial charge is 0.496 e. The smallest absolute Gasteiger partial charge is 0.132 e. The minimum atomic E-state index is -0.287. The number of para-hydroxylation sites is 1. The van der Waals surface area contributed by atoms with Crippen LogP contribution in [0.5, 0.6) is 5.75 Å². The Bertz CT molecular complexity index is 722. The molecule has 0 saturated heterocycles. The minimum absolute atomic E-state index is 0.287. The molecule has 3 aromatic carbocycles. The molecule has 0 atom stereocenters. The highest BCUT2D eigenvalue weighted by molar-refractivity contribution is 7.99. The van der Waals surface area contributed by atoms with Crippen LogP contribution in [-0.4, -0.2) is 19.0 Å². The number of methoxy groups -OCH3 is 1. The van der Waals surface area contributed by atoms with E-state index >= 15 is 0 Å². The lowest BCUT2D eigenvalue weighted by atomic mass is 10.3. The maximum Gasteiger partial charge on any atom is 0.132 e. The monoisotopic (exact) mass is 366 g/mol. The number of benzene rings is 3. The summed E-state index contributed by atoms with van der Waals surface area (Å²) in [6.45, 7) is 0. The van der Waals surface area contributed by atoms with Crippen LogP contribution in [0.4, 0.5) is 0 Å². The highest BCUT2D eigenvalue weighted by Crippen LogP contribution is 2.36. The molecule has 0 aliphatic rings. The van der Waals surface area contributed by atoms with E-state index < -0.39 is 0 Å². The third-order valence-electron chi connectivity index (χ3n) is 3.99. The first-order chi connectivity index (χ1) is 12.4. The van der Waals surface area contributed by atoms with Crippen molar-refractivity contribution in [2.75, 3.05) is 19.0 Å². The van der Waals surface area contributed by atoms with Gasteiger partial charge in [-0.2, -0.15) is 0 Å². The third-order valence-corrected chi connectivity index (χ3v) is 7.74. The summed E-state index contributed by atoms with van der Waals surface area (Å²) < 4.78 is 5.45. The Kier molecular flexibility index (Phi) is 6.97. The van der Waals surface area contributed by atoms with Gasteiger partial charge in [0.15, 0.2) is 0 Å². The Morgan fingerprint density at radius 1 is 0.760 bits per heavy atom. The van der Waals surface area contributed by atoms with Gasteiger partial charge in [-0.15, -0.1) is 11.8 Å². The SMILES string of the molecule is COc1ccccc1SCCCP(c1ccccc1)c1ccccc1. The molecule has 0 aromatic heterocycles. The first-order valence-electron chi connectivity index (χ1n) is 8.52. The lowest BCUT2D eigenvalue weighted by molar-refractivity contribution is 0.405. The summed E-state index contributed by atoms with van der Waals surface area (Å²) in [4.78, 5) is 1.23. The Labute approximate surface area is 156 Å². The van der Waals surface area contributed by atoms with E-state index in [0.717, 1.165) is 11.5 Å². The predicted octanol–water partition coefficient (Wildman–Crippen LogP) is 5.31. The molecular weight excluding hydrogens is 343 g/mol. The van der Waals surface area contributed by atoms with Crippen LogP contribution in [0.15, 0.2) is 89.8 Å². The van der Waals surface area contributed by atoms with Crippen molar-refractivity contribution in [3.05, 3.63) is 84.9 Å². The van der Waals surface area contributed by atoms with Gasteiger partial charge in [-0.1, -0.05) is 72.8 Å². The zero-order valence-electron chi connectivity index (χ0n) is 14.5. The topological polar surface area (TPSA) is 9.23 Å². The molecule has 0 unspecified atom stereocenters. The zero-order chi connectivity index (χ0) is 17.3. The average molecular weight is 366 g/mol. The molecule has 0 fully saturated rings. The Morgan fingerprint density at radius 3 is 1.92 bits per heavy atom. The second-order valence-electron chi connectivity index (χ2n) is 5.68. The van der Waals surface area contributed by atoms with Gasteiger partial charge in [0, 0.05) is 4.90 Å². The zero-order valence-corrected chi connectivity index (χ0v) is 16.2. The van der Waals surface area contributed by atoms with Crippen LogP contribution in [0.3, 0.4) is 0 Å². The molecule has 0 spiro atoms. The number of ether oxygens (including phenoxy) is 1. The molecule has 3 aromatic rings. The summed E-state index contributed by atoms with van der Waals surface area (Å²) in [6.07, 6.45) is 2.41. The predicted molar refractivity (Wildman–Crippen MR) is 112 cm³/mol. The van der Waals surface area contributed by atoms with E-state index in [1.54, 1.807) is 7.11 Å². The van der Waals surface area contributed by atoms with E-state index in [1.165, 1.54) is 28.1 Å². The summed E-state index contributed by atoms with van der Waals surface area (Å²) >= 11 is 1.89. The Hall–Kier alpha value is -1.76. The Balaban J connectivity index is 1.64. The lowest BCUT2D eigenvalue weighted by Crippen LogP contribution is -2.14. The van der Waals surface area contributed by atoms with Gasteiger partial charge in [0.05, 0.1) is 7.11 Å². The standard InChI is InChI=1S/C22H23OPS/c1-23-21-15-8-9-16-22(21)25-18-10-17-24(19-11-4-2-5-12-19)20-13-6-3-7-14-20/h2-9,11-16H,10,17-18H2,1H3. The summed E-state index contributed by atoms with van der Waals surface area (Å²) in [5.41, 5.74) is 0. The van der Waals surface area contributed by atoms with E-state index in [1.807, 2.05) is 23.9 Å². The van der Waals surface area contributed by atoms with Crippen molar-refractivity contribution < 1.29 is 4.74 Å². The molecule has 3 heteroatoms. The first-order valence-corrected chi connectivity index (χ1v) is 11.0. The fourth-order valence-corrected chi connectivity index (χ4v) is 6.31. The average Bonchev–Trinajstić information content (AvgIpc) is 2.69. The number of thioether (sulfide) groups is 1. The number of hydrogen-bond acceptors (Lipinski definition) is 2. The summed E-state index contributed by atoms with van der Waals surface area (Å²) in [5, 5.41) is 2.93. The van der Waals surface area contributed by atoms with Crippen molar-refractivity contribution in [2.45, 2.75) is 11.3 Å². The third kappa shape index (κ3) is 5.11. The summed E-state index contributed by atoms with van der Waals surface area (Å²) in [7, 11) is 1.45. The molecule has 0 aliphatic carbocycles. The highest BCUT2D eigenvalue weighted by Gasteiger charge is 2.13. The molecule has 0 saturated carbocycles. The van der Waals surface area contributed by atoms with Gasteiger partial charge in [-0.3, -0.25) is 0 Å². The van der Waals surface area contributed by atoms with Crippen molar-refractivity contribution in [2.24, 2.45) is 0 Å². The van der Waals surface area contributed by atoms with Gasteiger partial charge >= 0.3 is 0 Å².